The van der Waals surface area contributed by atoms with Crippen LogP contribution in [0.5, 0.6) is 0 Å². The molecular formula is C8H13F3N2O. The molecule has 0 spiro atoms. The Kier molecular flexibility index (Phi) is 3.04. The molecule has 0 saturated carbocycles. The number of nitrogens with zero attached hydrogens (tertiary/aromatic N) is 1. The molecule has 1 heterocycles. The number of hydrogen-bond acceptors (Lipinski definition) is 2. The molecule has 0 radical (unpaired) electrons. The predicted molar refractivity (Wildman–Crippen MR) is 44.4 cm³/mol. The van der Waals surface area contributed by atoms with Crippen LogP contribution >= 0.6 is 0 Å². The second-order valence-electron chi connectivity index (χ2n) is 3.60. The fraction of sp³-hybridized carbons (Fsp3) is 0.875. The molecule has 1 saturated heterocycles. The van der Waals surface area contributed by atoms with Gasteiger partial charge >= 0.3 is 6.18 Å². The lowest BCUT2D eigenvalue weighted by atomic mass is 10.1. The Morgan fingerprint density at radius 1 is 1.57 bits per heavy atom. The summed E-state index contributed by atoms with van der Waals surface area (Å²) in [5, 5.41) is 0. The zero-order valence-electron chi connectivity index (χ0n) is 7.84. The minimum atomic E-state index is -4.20. The van der Waals surface area contributed by atoms with Crippen molar-refractivity contribution in [2.75, 3.05) is 13.1 Å². The molecular weight excluding hydrogens is 197 g/mol. The number of hydrogen-bond donors (Lipinski definition) is 1. The third-order valence-electron chi connectivity index (χ3n) is 2.35. The molecule has 0 aliphatic carbocycles. The summed E-state index contributed by atoms with van der Waals surface area (Å²) in [4.78, 5) is 12.4. The van der Waals surface area contributed by atoms with Crippen LogP contribution in [0.1, 0.15) is 13.3 Å². The summed E-state index contributed by atoms with van der Waals surface area (Å²) in [6.07, 6.45) is -4.21. The van der Waals surface area contributed by atoms with Crippen molar-refractivity contribution >= 4 is 5.91 Å². The standard InChI is InChI=1S/C8H13F3N2O/c1-5(12)7(14)13-3-2-6(4-13)8(9,10)11/h5-6H,2-4,12H2,1H3/t5-,6-/m0/s1. The second kappa shape index (κ2) is 3.76. The number of nitrogens with two attached hydrogens (primary N) is 1. The third-order valence-corrected chi connectivity index (χ3v) is 2.35. The zero-order valence-corrected chi connectivity index (χ0v) is 7.84. The molecule has 0 aromatic heterocycles. The summed E-state index contributed by atoms with van der Waals surface area (Å²) in [7, 11) is 0. The fourth-order valence-corrected chi connectivity index (χ4v) is 1.52. The van der Waals surface area contributed by atoms with E-state index in [4.69, 9.17) is 5.73 Å². The first-order valence-corrected chi connectivity index (χ1v) is 4.43. The van der Waals surface area contributed by atoms with Gasteiger partial charge in [-0.25, -0.2) is 0 Å². The van der Waals surface area contributed by atoms with Crippen molar-refractivity contribution in [3.63, 3.8) is 0 Å². The number of amides is 1. The molecule has 0 unspecified atom stereocenters. The Morgan fingerprint density at radius 3 is 2.50 bits per heavy atom. The zero-order chi connectivity index (χ0) is 10.9. The summed E-state index contributed by atoms with van der Waals surface area (Å²) in [5.41, 5.74) is 5.30. The summed E-state index contributed by atoms with van der Waals surface area (Å²) < 4.78 is 36.7. The van der Waals surface area contributed by atoms with Crippen molar-refractivity contribution in [3.8, 4) is 0 Å². The molecule has 1 fully saturated rings. The maximum atomic E-state index is 12.2. The number of alkyl halides is 3. The van der Waals surface area contributed by atoms with Crippen molar-refractivity contribution < 1.29 is 18.0 Å². The van der Waals surface area contributed by atoms with Crippen LogP contribution in [0.4, 0.5) is 13.2 Å². The first-order chi connectivity index (χ1) is 6.32. The summed E-state index contributed by atoms with van der Waals surface area (Å²) in [5.74, 6) is -1.79. The molecule has 2 N–H and O–H groups in total. The second-order valence-corrected chi connectivity index (χ2v) is 3.60. The van der Waals surface area contributed by atoms with Crippen LogP contribution in [0.25, 0.3) is 0 Å². The monoisotopic (exact) mass is 210 g/mol. The lowest BCUT2D eigenvalue weighted by Crippen LogP contribution is -2.41. The van der Waals surface area contributed by atoms with Crippen LogP contribution in [0.15, 0.2) is 0 Å². The highest BCUT2D eigenvalue weighted by atomic mass is 19.4. The van der Waals surface area contributed by atoms with Crippen LogP contribution in [-0.2, 0) is 4.79 Å². The van der Waals surface area contributed by atoms with Gasteiger partial charge < -0.3 is 10.6 Å². The topological polar surface area (TPSA) is 46.3 Å². The fourth-order valence-electron chi connectivity index (χ4n) is 1.52. The third kappa shape index (κ3) is 2.37. The molecule has 82 valence electrons. The van der Waals surface area contributed by atoms with E-state index in [1.165, 1.54) is 11.8 Å². The molecule has 2 atom stereocenters. The normalized spacial score (nSPS) is 25.2. The van der Waals surface area contributed by atoms with Crippen molar-refractivity contribution in [2.24, 2.45) is 11.7 Å². The minimum absolute atomic E-state index is 0.0119. The summed E-state index contributed by atoms with van der Waals surface area (Å²) in [6.45, 7) is 1.39. The minimum Gasteiger partial charge on any atom is -0.341 e. The van der Waals surface area contributed by atoms with E-state index in [1.807, 2.05) is 0 Å². The van der Waals surface area contributed by atoms with Crippen molar-refractivity contribution in [1.29, 1.82) is 0 Å². The number of carbonyl (C=O) groups excluding carboxylic acids is 1. The number of carbonyl (C=O) groups is 1. The van der Waals surface area contributed by atoms with Crippen LogP contribution in [0.2, 0.25) is 0 Å². The van der Waals surface area contributed by atoms with Crippen molar-refractivity contribution in [2.45, 2.75) is 25.6 Å². The van der Waals surface area contributed by atoms with E-state index in [0.717, 1.165) is 0 Å². The highest BCUT2D eigenvalue weighted by Crippen LogP contribution is 2.33. The van der Waals surface area contributed by atoms with Crippen molar-refractivity contribution in [1.82, 2.24) is 4.90 Å². The molecule has 1 amide bonds. The molecule has 6 heteroatoms. The van der Waals surface area contributed by atoms with Gasteiger partial charge in [0.2, 0.25) is 5.91 Å². The summed E-state index contributed by atoms with van der Waals surface area (Å²) >= 11 is 0. The SMILES string of the molecule is C[C@H](N)C(=O)N1CC[C@H](C(F)(F)F)C1. The molecule has 0 aromatic carbocycles. The summed E-state index contributed by atoms with van der Waals surface area (Å²) in [6, 6.07) is -0.720. The molecule has 1 rings (SSSR count). The van der Waals surface area contributed by atoms with Gasteiger partial charge in [-0.3, -0.25) is 4.79 Å². The molecule has 1 aliphatic heterocycles. The first-order valence-electron chi connectivity index (χ1n) is 4.43. The first kappa shape index (κ1) is 11.3. The maximum absolute atomic E-state index is 12.2. The lowest BCUT2D eigenvalue weighted by molar-refractivity contribution is -0.171. The Labute approximate surface area is 80.0 Å². The van der Waals surface area contributed by atoms with Gasteiger partial charge in [0.05, 0.1) is 12.0 Å². The van der Waals surface area contributed by atoms with Gasteiger partial charge in [0.1, 0.15) is 0 Å². The van der Waals surface area contributed by atoms with E-state index in [-0.39, 0.29) is 19.5 Å². The van der Waals surface area contributed by atoms with E-state index in [0.29, 0.717) is 0 Å². The quantitative estimate of drug-likeness (QED) is 0.694. The lowest BCUT2D eigenvalue weighted by Gasteiger charge is -2.19. The van der Waals surface area contributed by atoms with Gasteiger partial charge in [0.25, 0.3) is 0 Å². The number of halogens is 3. The Bertz CT molecular complexity index is 227. The van der Waals surface area contributed by atoms with Crippen molar-refractivity contribution in [3.05, 3.63) is 0 Å². The van der Waals surface area contributed by atoms with E-state index in [9.17, 15) is 18.0 Å². The van der Waals surface area contributed by atoms with Gasteiger partial charge in [-0.15, -0.1) is 0 Å². The van der Waals surface area contributed by atoms with Crippen LogP contribution in [0, 0.1) is 5.92 Å². The van der Waals surface area contributed by atoms with E-state index in [2.05, 4.69) is 0 Å². The Hall–Kier alpha value is -0.780. The highest BCUT2D eigenvalue weighted by molar-refractivity contribution is 5.81. The Balaban J connectivity index is 2.54. The van der Waals surface area contributed by atoms with Gasteiger partial charge in [0.15, 0.2) is 0 Å². The smallest absolute Gasteiger partial charge is 0.341 e. The Morgan fingerprint density at radius 2 is 2.14 bits per heavy atom. The maximum Gasteiger partial charge on any atom is 0.393 e. The van der Waals surface area contributed by atoms with Crippen LogP contribution in [-0.4, -0.2) is 36.1 Å². The average molecular weight is 210 g/mol. The van der Waals surface area contributed by atoms with Gasteiger partial charge in [-0.05, 0) is 13.3 Å². The van der Waals surface area contributed by atoms with Gasteiger partial charge in [-0.1, -0.05) is 0 Å². The largest absolute Gasteiger partial charge is 0.393 e. The molecule has 0 bridgehead atoms. The van der Waals surface area contributed by atoms with E-state index >= 15 is 0 Å². The average Bonchev–Trinajstić information content (AvgIpc) is 2.49. The molecule has 1 aliphatic rings. The molecule has 14 heavy (non-hydrogen) atoms. The van der Waals surface area contributed by atoms with Gasteiger partial charge in [0, 0.05) is 13.1 Å². The number of rotatable bonds is 1. The predicted octanol–water partition coefficient (Wildman–Crippen LogP) is 0.744. The van der Waals surface area contributed by atoms with Crippen LogP contribution in [0.3, 0.4) is 0 Å². The van der Waals surface area contributed by atoms with E-state index < -0.39 is 24.0 Å². The highest BCUT2D eigenvalue weighted by Gasteiger charge is 2.44. The van der Waals surface area contributed by atoms with Gasteiger partial charge in [-0.2, -0.15) is 13.2 Å². The molecule has 0 aromatic rings. The molecule has 3 nitrogen and oxygen atoms in total. The van der Waals surface area contributed by atoms with E-state index in [1.54, 1.807) is 0 Å². The number of likely N-dealkylation sites (tertiary alicyclic amines) is 1. The van der Waals surface area contributed by atoms with Crippen LogP contribution < -0.4 is 5.73 Å².